The van der Waals surface area contributed by atoms with E-state index in [1.165, 1.54) is 39.0 Å². The van der Waals surface area contributed by atoms with Crippen LogP contribution in [0.4, 0.5) is 0 Å². The van der Waals surface area contributed by atoms with Gasteiger partial charge in [0.2, 0.25) is 0 Å². The van der Waals surface area contributed by atoms with E-state index in [-0.39, 0.29) is 0 Å². The molecule has 0 aliphatic heterocycles. The number of benzene rings is 3. The van der Waals surface area contributed by atoms with E-state index in [2.05, 4.69) is 132 Å². The minimum atomic E-state index is -0.394. The largest absolute Gasteiger partial charge is 0.103 e. The Bertz CT molecular complexity index is 1250. The van der Waals surface area contributed by atoms with Crippen molar-refractivity contribution in [1.82, 2.24) is 0 Å². The van der Waals surface area contributed by atoms with Crippen LogP contribution in [-0.4, -0.2) is 0 Å². The summed E-state index contributed by atoms with van der Waals surface area (Å²) in [5.41, 5.74) is 11.8. The molecule has 4 rings (SSSR count). The topological polar surface area (TPSA) is 0 Å². The minimum Gasteiger partial charge on any atom is -0.103 e. The summed E-state index contributed by atoms with van der Waals surface area (Å²) in [6.07, 6.45) is 9.17. The molecular weight excluding hydrogens is 480 g/mol. The van der Waals surface area contributed by atoms with Crippen LogP contribution in [0.2, 0.25) is 0 Å². The predicted octanol–water partition coefficient (Wildman–Crippen LogP) is 12.3. The Morgan fingerprint density at radius 3 is 1.27 bits per heavy atom. The van der Waals surface area contributed by atoms with E-state index >= 15 is 0 Å². The lowest BCUT2D eigenvalue weighted by Crippen LogP contribution is -2.31. The second-order valence-corrected chi connectivity index (χ2v) is 9.58. The van der Waals surface area contributed by atoms with Gasteiger partial charge in [-0.2, -0.15) is 0 Å². The van der Waals surface area contributed by atoms with E-state index in [1.54, 1.807) is 6.08 Å². The molecule has 0 nitrogen and oxygen atoms in total. The SMILES string of the molecule is C=CC.C=Cc1ccc(C(C2=CC=C(C)C2)(c2ccc(C(=C)C)cc2)c2ccc(C(=C)C)cc2)cc1.CC.CC. The van der Waals surface area contributed by atoms with Crippen LogP contribution in [0.25, 0.3) is 17.2 Å². The Hall–Kier alpha value is -3.90. The molecule has 0 unspecified atom stereocenters. The molecule has 0 fully saturated rings. The van der Waals surface area contributed by atoms with E-state index in [4.69, 9.17) is 0 Å². The Labute approximate surface area is 245 Å². The van der Waals surface area contributed by atoms with E-state index in [0.717, 1.165) is 23.1 Å². The maximum Gasteiger partial charge on any atom is 0.0667 e. The molecule has 1 aliphatic rings. The normalized spacial score (nSPS) is 11.6. The average Bonchev–Trinajstić information content (AvgIpc) is 3.43. The van der Waals surface area contributed by atoms with Crippen molar-refractivity contribution >= 4 is 17.2 Å². The van der Waals surface area contributed by atoms with Crippen LogP contribution in [0.15, 0.2) is 128 Å². The van der Waals surface area contributed by atoms with Crippen molar-refractivity contribution < 1.29 is 0 Å². The van der Waals surface area contributed by atoms with Gasteiger partial charge in [0.15, 0.2) is 0 Å². The molecule has 210 valence electrons. The molecule has 0 aromatic heterocycles. The van der Waals surface area contributed by atoms with Gasteiger partial charge in [-0.3, -0.25) is 0 Å². The Balaban J connectivity index is 0.00000105. The number of allylic oxidation sites excluding steroid dienone is 7. The van der Waals surface area contributed by atoms with Crippen LogP contribution in [-0.2, 0) is 5.41 Å². The Morgan fingerprint density at radius 1 is 0.650 bits per heavy atom. The predicted molar refractivity (Wildman–Crippen MR) is 184 cm³/mol. The van der Waals surface area contributed by atoms with Gasteiger partial charge in [-0.1, -0.05) is 161 Å². The molecule has 0 heteroatoms. The van der Waals surface area contributed by atoms with E-state index < -0.39 is 5.41 Å². The third-order valence-electron chi connectivity index (χ3n) is 6.72. The van der Waals surface area contributed by atoms with Crippen molar-refractivity contribution in [3.8, 4) is 0 Å². The lowest BCUT2D eigenvalue weighted by Gasteiger charge is -2.38. The van der Waals surface area contributed by atoms with Gasteiger partial charge in [0.05, 0.1) is 5.41 Å². The number of hydrogen-bond donors (Lipinski definition) is 0. The molecule has 3 aromatic carbocycles. The zero-order chi connectivity index (χ0) is 30.3. The summed E-state index contributed by atoms with van der Waals surface area (Å²) in [5.74, 6) is 0. The molecule has 1 aliphatic carbocycles. The van der Waals surface area contributed by atoms with Crippen molar-refractivity contribution in [3.05, 3.63) is 162 Å². The highest BCUT2D eigenvalue weighted by Gasteiger charge is 2.40. The van der Waals surface area contributed by atoms with Crippen molar-refractivity contribution in [2.45, 2.75) is 67.2 Å². The summed E-state index contributed by atoms with van der Waals surface area (Å²) in [6.45, 7) is 31.8. The molecule has 3 aromatic rings. The first-order chi connectivity index (χ1) is 19.3. The van der Waals surface area contributed by atoms with E-state index in [9.17, 15) is 0 Å². The first-order valence-corrected chi connectivity index (χ1v) is 14.5. The lowest BCUT2D eigenvalue weighted by atomic mass is 9.63. The maximum atomic E-state index is 4.13. The Morgan fingerprint density at radius 2 is 1.00 bits per heavy atom. The van der Waals surface area contributed by atoms with Gasteiger partial charge in [0.1, 0.15) is 0 Å². The first kappa shape index (κ1) is 34.1. The molecule has 40 heavy (non-hydrogen) atoms. The standard InChI is InChI=1S/C33H32.C3H6.2C2H6/c1-7-26-9-16-29(17-10-26)33(32-15-8-25(6)22-32,30-18-11-27(12-19-30)23(2)3)31-20-13-28(14-21-31)24(4)5;1-3-2;2*1-2/h7-21H,1-2,4,22H2,3,5-6H3;3H,1H2,2H3;2*1-2H3. The molecular formula is C40H50. The summed E-state index contributed by atoms with van der Waals surface area (Å²) in [5, 5.41) is 0. The summed E-state index contributed by atoms with van der Waals surface area (Å²) >= 11 is 0. The smallest absolute Gasteiger partial charge is 0.0667 e. The van der Waals surface area contributed by atoms with E-state index in [0.29, 0.717) is 0 Å². The van der Waals surface area contributed by atoms with Crippen molar-refractivity contribution in [2.24, 2.45) is 0 Å². The van der Waals surface area contributed by atoms with Gasteiger partial charge in [0, 0.05) is 0 Å². The molecule has 0 bridgehead atoms. The second kappa shape index (κ2) is 16.9. The molecule has 0 heterocycles. The summed E-state index contributed by atoms with van der Waals surface area (Å²) in [4.78, 5) is 0. The van der Waals surface area contributed by atoms with Gasteiger partial charge in [-0.25, -0.2) is 0 Å². The number of rotatable bonds is 7. The van der Waals surface area contributed by atoms with Crippen LogP contribution in [0, 0.1) is 0 Å². The van der Waals surface area contributed by atoms with Crippen LogP contribution >= 0.6 is 0 Å². The zero-order valence-electron chi connectivity index (χ0n) is 26.3. The molecule has 0 radical (unpaired) electrons. The van der Waals surface area contributed by atoms with Crippen LogP contribution in [0.1, 0.15) is 95.2 Å². The van der Waals surface area contributed by atoms with Crippen LogP contribution < -0.4 is 0 Å². The van der Waals surface area contributed by atoms with E-state index in [1.807, 2.05) is 40.7 Å². The fourth-order valence-electron chi connectivity index (χ4n) is 4.85. The molecule has 0 N–H and O–H groups in total. The van der Waals surface area contributed by atoms with Gasteiger partial charge in [-0.05, 0) is 73.1 Å². The summed E-state index contributed by atoms with van der Waals surface area (Å²) in [7, 11) is 0. The molecule has 0 amide bonds. The van der Waals surface area contributed by atoms with Gasteiger partial charge >= 0.3 is 0 Å². The van der Waals surface area contributed by atoms with Crippen molar-refractivity contribution in [1.29, 1.82) is 0 Å². The van der Waals surface area contributed by atoms with Crippen LogP contribution in [0.5, 0.6) is 0 Å². The van der Waals surface area contributed by atoms with Crippen LogP contribution in [0.3, 0.4) is 0 Å². The van der Waals surface area contributed by atoms with Crippen molar-refractivity contribution in [3.63, 3.8) is 0 Å². The average molecular weight is 531 g/mol. The highest BCUT2D eigenvalue weighted by Crippen LogP contribution is 2.49. The fraction of sp³-hybridized carbons (Fsp3) is 0.250. The Kier molecular flexibility index (Phi) is 14.4. The minimum absolute atomic E-state index is 0.394. The maximum absolute atomic E-state index is 4.13. The second-order valence-electron chi connectivity index (χ2n) is 9.58. The molecule has 0 saturated heterocycles. The molecule has 0 spiro atoms. The fourth-order valence-corrected chi connectivity index (χ4v) is 4.85. The summed E-state index contributed by atoms with van der Waals surface area (Å²) < 4.78 is 0. The first-order valence-electron chi connectivity index (χ1n) is 14.5. The highest BCUT2D eigenvalue weighted by atomic mass is 14.4. The molecule has 0 saturated carbocycles. The quantitative estimate of drug-likeness (QED) is 0.210. The molecule has 0 atom stereocenters. The third kappa shape index (κ3) is 7.82. The van der Waals surface area contributed by atoms with Crippen molar-refractivity contribution in [2.75, 3.05) is 0 Å². The highest BCUT2D eigenvalue weighted by molar-refractivity contribution is 5.68. The third-order valence-corrected chi connectivity index (χ3v) is 6.72. The monoisotopic (exact) mass is 530 g/mol. The summed E-state index contributed by atoms with van der Waals surface area (Å²) in [6, 6.07) is 26.7. The lowest BCUT2D eigenvalue weighted by molar-refractivity contribution is 0.705. The van der Waals surface area contributed by atoms with Gasteiger partial charge < -0.3 is 0 Å². The van der Waals surface area contributed by atoms with Gasteiger partial charge in [-0.15, -0.1) is 6.58 Å². The van der Waals surface area contributed by atoms with Gasteiger partial charge in [0.25, 0.3) is 0 Å². The zero-order valence-corrected chi connectivity index (χ0v) is 26.3. The number of hydrogen-bond acceptors (Lipinski definition) is 0.